The van der Waals surface area contributed by atoms with Crippen molar-refractivity contribution >= 4 is 11.7 Å². The first-order valence-electron chi connectivity index (χ1n) is 8.88. The van der Waals surface area contributed by atoms with Gasteiger partial charge in [0, 0.05) is 11.8 Å². The van der Waals surface area contributed by atoms with Gasteiger partial charge in [-0.25, -0.2) is 9.97 Å². The first-order valence-corrected chi connectivity index (χ1v) is 8.88. The predicted octanol–water partition coefficient (Wildman–Crippen LogP) is 2.75. The highest BCUT2D eigenvalue weighted by Gasteiger charge is 2.29. The Kier molecular flexibility index (Phi) is 7.30. The van der Waals surface area contributed by atoms with Crippen LogP contribution in [0, 0.1) is 6.92 Å². The highest BCUT2D eigenvalue weighted by Crippen LogP contribution is 2.23. The number of carbonyl (C=O) groups is 2. The number of methoxy groups -OCH3 is 1. The maximum Gasteiger partial charge on any atom is 0.422 e. The molecule has 1 unspecified atom stereocenters. The Morgan fingerprint density at radius 1 is 1.20 bits per heavy atom. The third-order valence-electron chi connectivity index (χ3n) is 3.78. The summed E-state index contributed by atoms with van der Waals surface area (Å²) in [6.45, 7) is 3.35. The lowest BCUT2D eigenvalue weighted by Gasteiger charge is -2.16. The molecule has 30 heavy (non-hydrogen) atoms. The predicted molar refractivity (Wildman–Crippen MR) is 99.4 cm³/mol. The van der Waals surface area contributed by atoms with E-state index in [9.17, 15) is 22.8 Å². The molecule has 1 N–H and O–H groups in total. The smallest absolute Gasteiger partial charge is 0.422 e. The monoisotopic (exact) mass is 426 g/mol. The van der Waals surface area contributed by atoms with Gasteiger partial charge in [-0.2, -0.15) is 18.2 Å². The number of ether oxygens (including phenoxy) is 2. The number of nitrogens with one attached hydrogen (secondary N) is 1. The van der Waals surface area contributed by atoms with Crippen LogP contribution in [0.15, 0.2) is 18.2 Å². The summed E-state index contributed by atoms with van der Waals surface area (Å²) >= 11 is 0. The number of amides is 1. The van der Waals surface area contributed by atoms with Crippen molar-refractivity contribution in [3.05, 3.63) is 41.0 Å². The van der Waals surface area contributed by atoms with Crippen molar-refractivity contribution in [1.82, 2.24) is 20.3 Å². The Morgan fingerprint density at radius 2 is 1.90 bits per heavy atom. The zero-order valence-electron chi connectivity index (χ0n) is 16.8. The van der Waals surface area contributed by atoms with Gasteiger partial charge in [-0.3, -0.25) is 9.59 Å². The number of Topliss-reactive ketones (excluding diaryl/α,β-unsaturated/α-hetero) is 1. The van der Waals surface area contributed by atoms with E-state index in [0.717, 1.165) is 6.07 Å². The van der Waals surface area contributed by atoms with Crippen LogP contribution in [0.3, 0.4) is 0 Å². The molecule has 2 heterocycles. The highest BCUT2D eigenvalue weighted by atomic mass is 19.4. The van der Waals surface area contributed by atoms with Crippen LogP contribution in [-0.4, -0.2) is 46.5 Å². The molecule has 0 aliphatic rings. The summed E-state index contributed by atoms with van der Waals surface area (Å²) in [5, 5.41) is 2.72. The normalized spacial score (nSPS) is 12.2. The van der Waals surface area contributed by atoms with Crippen LogP contribution in [0.1, 0.15) is 47.5 Å². The minimum atomic E-state index is -4.52. The van der Waals surface area contributed by atoms with Crippen molar-refractivity contribution in [2.24, 2.45) is 0 Å². The zero-order chi connectivity index (χ0) is 22.5. The summed E-state index contributed by atoms with van der Waals surface area (Å²) in [6.07, 6.45) is -4.44. The minimum Gasteiger partial charge on any atom is -0.480 e. The van der Waals surface area contributed by atoms with Gasteiger partial charge in [-0.1, -0.05) is 0 Å². The van der Waals surface area contributed by atoms with Crippen LogP contribution >= 0.6 is 0 Å². The number of rotatable bonds is 8. The van der Waals surface area contributed by atoms with Gasteiger partial charge in [-0.15, -0.1) is 0 Å². The molecule has 0 aromatic carbocycles. The Morgan fingerprint density at radius 3 is 2.50 bits per heavy atom. The van der Waals surface area contributed by atoms with Crippen LogP contribution < -0.4 is 14.8 Å². The van der Waals surface area contributed by atoms with Gasteiger partial charge in [0.2, 0.25) is 11.8 Å². The minimum absolute atomic E-state index is 0.0125. The Bertz CT molecular complexity index is 934. The summed E-state index contributed by atoms with van der Waals surface area (Å²) in [5.41, 5.74) is 1.16. The van der Waals surface area contributed by atoms with E-state index in [-0.39, 0.29) is 29.5 Å². The maximum absolute atomic E-state index is 12.6. The van der Waals surface area contributed by atoms with E-state index in [1.54, 1.807) is 19.9 Å². The third-order valence-corrected chi connectivity index (χ3v) is 3.78. The lowest BCUT2D eigenvalue weighted by molar-refractivity contribution is -0.154. The van der Waals surface area contributed by atoms with E-state index in [1.165, 1.54) is 20.1 Å². The fourth-order valence-electron chi connectivity index (χ4n) is 2.52. The molecule has 0 bridgehead atoms. The van der Waals surface area contributed by atoms with Crippen molar-refractivity contribution in [2.45, 2.75) is 39.4 Å². The van der Waals surface area contributed by atoms with E-state index < -0.39 is 24.7 Å². The molecule has 8 nitrogen and oxygen atoms in total. The highest BCUT2D eigenvalue weighted by molar-refractivity contribution is 5.96. The van der Waals surface area contributed by atoms with Crippen LogP contribution in [0.25, 0.3) is 0 Å². The number of hydrogen-bond acceptors (Lipinski definition) is 7. The molecule has 0 aliphatic heterocycles. The van der Waals surface area contributed by atoms with E-state index in [1.807, 2.05) is 0 Å². The molecule has 1 amide bonds. The summed E-state index contributed by atoms with van der Waals surface area (Å²) in [6, 6.07) is 3.54. The average molecular weight is 426 g/mol. The first-order chi connectivity index (χ1) is 14.0. The van der Waals surface area contributed by atoms with Crippen molar-refractivity contribution in [3.63, 3.8) is 0 Å². The second kappa shape index (κ2) is 9.51. The van der Waals surface area contributed by atoms with Gasteiger partial charge < -0.3 is 14.8 Å². The molecule has 0 spiro atoms. The van der Waals surface area contributed by atoms with Gasteiger partial charge >= 0.3 is 6.18 Å². The van der Waals surface area contributed by atoms with E-state index in [0.29, 0.717) is 17.2 Å². The molecule has 1 atom stereocenters. The van der Waals surface area contributed by atoms with Gasteiger partial charge in [-0.05, 0) is 32.9 Å². The van der Waals surface area contributed by atoms with Gasteiger partial charge in [0.1, 0.15) is 17.2 Å². The molecular formula is C19H21F3N4O4. The Balaban J connectivity index is 2.17. The standard InChI is InChI=1S/C19H21F3N4O4/c1-10-7-14(25-15(23-10)8-11(2)27)12(3)24-17(28)13-5-6-16(26-18(13)29-4)30-9-19(20,21)22/h5-7,12H,8-9H2,1-4H3,(H,24,28). The molecule has 0 aliphatic carbocycles. The topological polar surface area (TPSA) is 103 Å². The van der Waals surface area contributed by atoms with Crippen molar-refractivity contribution < 1.29 is 32.2 Å². The average Bonchev–Trinajstić information content (AvgIpc) is 2.64. The van der Waals surface area contributed by atoms with E-state index >= 15 is 0 Å². The number of hydrogen-bond donors (Lipinski definition) is 1. The number of halogens is 3. The van der Waals surface area contributed by atoms with Crippen LogP contribution in [-0.2, 0) is 11.2 Å². The molecule has 0 saturated heterocycles. The molecule has 11 heteroatoms. The largest absolute Gasteiger partial charge is 0.480 e. The summed E-state index contributed by atoms with van der Waals surface area (Å²) in [7, 11) is 1.23. The molecule has 2 aromatic heterocycles. The molecule has 162 valence electrons. The SMILES string of the molecule is COc1nc(OCC(F)(F)F)ccc1C(=O)NC(C)c1cc(C)nc(CC(C)=O)n1. The quantitative estimate of drug-likeness (QED) is 0.692. The maximum atomic E-state index is 12.6. The number of aryl methyl sites for hydroxylation is 1. The fourth-order valence-corrected chi connectivity index (χ4v) is 2.52. The molecular weight excluding hydrogens is 405 g/mol. The van der Waals surface area contributed by atoms with Crippen LogP contribution in [0.5, 0.6) is 11.8 Å². The fraction of sp³-hybridized carbons (Fsp3) is 0.421. The molecule has 2 rings (SSSR count). The van der Waals surface area contributed by atoms with Crippen molar-refractivity contribution in [2.75, 3.05) is 13.7 Å². The Hall–Kier alpha value is -3.24. The summed E-state index contributed by atoms with van der Waals surface area (Å²) < 4.78 is 46.4. The van der Waals surface area contributed by atoms with Gasteiger partial charge in [0.25, 0.3) is 5.91 Å². The molecule has 0 radical (unpaired) electrons. The molecule has 2 aromatic rings. The second-order valence-electron chi connectivity index (χ2n) is 6.53. The van der Waals surface area contributed by atoms with Gasteiger partial charge in [0.05, 0.1) is 25.3 Å². The van der Waals surface area contributed by atoms with Crippen LogP contribution in [0.2, 0.25) is 0 Å². The van der Waals surface area contributed by atoms with Crippen LogP contribution in [0.4, 0.5) is 13.2 Å². The molecule has 0 saturated carbocycles. The second-order valence-corrected chi connectivity index (χ2v) is 6.53. The zero-order valence-corrected chi connectivity index (χ0v) is 16.8. The number of aromatic nitrogens is 3. The number of pyridine rings is 1. The van der Waals surface area contributed by atoms with Crippen molar-refractivity contribution in [3.8, 4) is 11.8 Å². The number of nitrogens with zero attached hydrogens (tertiary/aromatic N) is 3. The van der Waals surface area contributed by atoms with E-state index in [2.05, 4.69) is 25.0 Å². The Labute approximate surface area is 170 Å². The number of ketones is 1. The first kappa shape index (κ1) is 23.0. The summed E-state index contributed by atoms with van der Waals surface area (Å²) in [5.74, 6) is -0.820. The van der Waals surface area contributed by atoms with Gasteiger partial charge in [0.15, 0.2) is 6.61 Å². The van der Waals surface area contributed by atoms with E-state index in [4.69, 9.17) is 4.74 Å². The lowest BCUT2D eigenvalue weighted by Crippen LogP contribution is -2.28. The number of carbonyl (C=O) groups excluding carboxylic acids is 2. The summed E-state index contributed by atoms with van der Waals surface area (Å²) in [4.78, 5) is 36.2. The lowest BCUT2D eigenvalue weighted by atomic mass is 10.1. The van der Waals surface area contributed by atoms with Crippen molar-refractivity contribution in [1.29, 1.82) is 0 Å². The third kappa shape index (κ3) is 6.68. The molecule has 0 fully saturated rings. The number of alkyl halides is 3.